The SMILES string of the molecule is CCCCN(c1ccccc1)P(=O)(O)OC[C@H]1O[C@@H](n2cc(C)c(=O)[nH]c2=O)C[C@@H]1N=[N+]=[N-]. The maximum absolute atomic E-state index is 13.1. The van der Waals surface area contributed by atoms with Gasteiger partial charge >= 0.3 is 13.4 Å². The third-order valence-corrected chi connectivity index (χ3v) is 6.88. The van der Waals surface area contributed by atoms with E-state index in [1.165, 1.54) is 15.4 Å². The molecule has 0 saturated carbocycles. The molecule has 0 radical (unpaired) electrons. The van der Waals surface area contributed by atoms with E-state index in [1.807, 2.05) is 13.0 Å². The summed E-state index contributed by atoms with van der Waals surface area (Å²) in [6, 6.07) is 8.04. The van der Waals surface area contributed by atoms with Gasteiger partial charge in [-0.2, -0.15) is 0 Å². The first-order chi connectivity index (χ1) is 15.8. The highest BCUT2D eigenvalue weighted by Gasteiger charge is 2.39. The number of hydrogen-bond acceptors (Lipinski definition) is 6. The van der Waals surface area contributed by atoms with E-state index in [2.05, 4.69) is 15.0 Å². The van der Waals surface area contributed by atoms with Crippen molar-refractivity contribution >= 4 is 13.4 Å². The molecule has 12 nitrogen and oxygen atoms in total. The number of nitrogens with zero attached hydrogens (tertiary/aromatic N) is 5. The third kappa shape index (κ3) is 5.93. The highest BCUT2D eigenvalue weighted by Crippen LogP contribution is 2.50. The Morgan fingerprint density at radius 3 is 2.79 bits per heavy atom. The summed E-state index contributed by atoms with van der Waals surface area (Å²) in [6.45, 7) is 3.50. The number of hydrogen-bond donors (Lipinski definition) is 2. The standard InChI is InChI=1S/C20H27N6O6P/c1-3-4-10-26(15-8-6-5-7-9-15)33(29,30)31-13-17-16(23-24-21)11-18(32-17)25-12-14(2)19(27)22-20(25)28/h5-9,12,16-18H,3-4,10-11,13H2,1-2H3,(H,29,30)(H,22,27,28)/t16-,17+,18+/m0/s1. The minimum absolute atomic E-state index is 0.136. The van der Waals surface area contributed by atoms with Gasteiger partial charge in [-0.1, -0.05) is 36.7 Å². The summed E-state index contributed by atoms with van der Waals surface area (Å²) in [4.78, 5) is 39.6. The van der Waals surface area contributed by atoms with Crippen molar-refractivity contribution in [3.63, 3.8) is 0 Å². The normalized spacial score (nSPS) is 21.8. The Balaban J connectivity index is 1.78. The second-order valence-electron chi connectivity index (χ2n) is 7.71. The van der Waals surface area contributed by atoms with Crippen LogP contribution in [0.5, 0.6) is 0 Å². The number of anilines is 1. The summed E-state index contributed by atoms with van der Waals surface area (Å²) < 4.78 is 27.0. The van der Waals surface area contributed by atoms with Gasteiger partial charge in [0.05, 0.1) is 18.8 Å². The Morgan fingerprint density at radius 1 is 1.39 bits per heavy atom. The predicted octanol–water partition coefficient (Wildman–Crippen LogP) is 3.24. The Hall–Kier alpha value is -2.88. The van der Waals surface area contributed by atoms with E-state index < -0.39 is 37.4 Å². The average molecular weight is 478 g/mol. The van der Waals surface area contributed by atoms with Crippen LogP contribution in [-0.2, 0) is 13.8 Å². The zero-order valence-corrected chi connectivity index (χ0v) is 19.3. The Bertz CT molecular complexity index is 1160. The van der Waals surface area contributed by atoms with Crippen LogP contribution in [0.4, 0.5) is 5.69 Å². The molecule has 13 heteroatoms. The molecule has 0 bridgehead atoms. The summed E-state index contributed by atoms with van der Waals surface area (Å²) in [7, 11) is -4.27. The number of nitrogens with one attached hydrogen (secondary N) is 1. The van der Waals surface area contributed by atoms with E-state index in [0.29, 0.717) is 24.2 Å². The van der Waals surface area contributed by atoms with Gasteiger partial charge in [-0.25, -0.2) is 9.36 Å². The molecule has 1 aliphatic heterocycles. The minimum atomic E-state index is -4.27. The lowest BCUT2D eigenvalue weighted by Gasteiger charge is -2.29. The molecule has 33 heavy (non-hydrogen) atoms. The lowest BCUT2D eigenvalue weighted by atomic mass is 10.1. The number of rotatable bonds is 10. The molecule has 2 heterocycles. The number of azide groups is 1. The molecule has 1 aromatic carbocycles. The van der Waals surface area contributed by atoms with Crippen LogP contribution in [0.15, 0.2) is 51.2 Å². The lowest BCUT2D eigenvalue weighted by Crippen LogP contribution is -2.33. The van der Waals surface area contributed by atoms with E-state index in [1.54, 1.807) is 31.2 Å². The number of aromatic amines is 1. The van der Waals surface area contributed by atoms with Crippen molar-refractivity contribution in [2.24, 2.45) is 5.11 Å². The van der Waals surface area contributed by atoms with Crippen LogP contribution < -0.4 is 15.9 Å². The number of para-hydroxylation sites is 1. The van der Waals surface area contributed by atoms with E-state index in [-0.39, 0.29) is 13.0 Å². The van der Waals surface area contributed by atoms with Crippen LogP contribution >= 0.6 is 7.75 Å². The molecule has 0 spiro atoms. The first kappa shape index (κ1) is 24.8. The first-order valence-electron chi connectivity index (χ1n) is 10.6. The average Bonchev–Trinajstić information content (AvgIpc) is 3.18. The van der Waals surface area contributed by atoms with Gasteiger partial charge in [-0.15, -0.1) is 0 Å². The minimum Gasteiger partial charge on any atom is -0.352 e. The molecule has 178 valence electrons. The van der Waals surface area contributed by atoms with Crippen LogP contribution in [0.1, 0.15) is 38.0 Å². The Labute approximate surface area is 190 Å². The molecular formula is C20H27N6O6P. The van der Waals surface area contributed by atoms with Crippen molar-refractivity contribution in [3.8, 4) is 0 Å². The fourth-order valence-electron chi connectivity index (χ4n) is 3.57. The zero-order valence-electron chi connectivity index (χ0n) is 18.4. The molecule has 1 fully saturated rings. The topological polar surface area (TPSA) is 163 Å². The molecule has 3 rings (SSSR count). The van der Waals surface area contributed by atoms with E-state index in [4.69, 9.17) is 14.8 Å². The predicted molar refractivity (Wildman–Crippen MR) is 122 cm³/mol. The Morgan fingerprint density at radius 2 is 2.12 bits per heavy atom. The van der Waals surface area contributed by atoms with Crippen molar-refractivity contribution < 1.29 is 18.7 Å². The fraction of sp³-hybridized carbons (Fsp3) is 0.500. The first-order valence-corrected chi connectivity index (χ1v) is 12.1. The molecule has 1 aromatic heterocycles. The van der Waals surface area contributed by atoms with Crippen molar-refractivity contribution in [3.05, 3.63) is 73.4 Å². The van der Waals surface area contributed by atoms with Gasteiger partial charge in [0.25, 0.3) is 5.56 Å². The summed E-state index contributed by atoms with van der Waals surface area (Å²) >= 11 is 0. The van der Waals surface area contributed by atoms with Gasteiger partial charge in [0.15, 0.2) is 0 Å². The van der Waals surface area contributed by atoms with Crippen LogP contribution in [0.2, 0.25) is 0 Å². The second kappa shape index (κ2) is 10.8. The smallest absolute Gasteiger partial charge is 0.352 e. The van der Waals surface area contributed by atoms with E-state index in [9.17, 15) is 19.0 Å². The number of benzene rings is 1. The van der Waals surface area contributed by atoms with Crippen LogP contribution in [0, 0.1) is 6.92 Å². The quantitative estimate of drug-likeness (QED) is 0.229. The maximum Gasteiger partial charge on any atom is 0.432 e. The molecule has 0 aliphatic carbocycles. The number of unbranched alkanes of at least 4 members (excludes halogenated alkanes) is 1. The monoisotopic (exact) mass is 478 g/mol. The van der Waals surface area contributed by atoms with Gasteiger partial charge in [-0.05, 0) is 31.0 Å². The lowest BCUT2D eigenvalue weighted by molar-refractivity contribution is -0.0240. The van der Waals surface area contributed by atoms with Crippen molar-refractivity contribution in [2.75, 3.05) is 17.8 Å². The zero-order chi connectivity index (χ0) is 24.0. The van der Waals surface area contributed by atoms with Crippen molar-refractivity contribution in [1.29, 1.82) is 0 Å². The summed E-state index contributed by atoms with van der Waals surface area (Å²) in [5, 5.41) is 3.71. The highest BCUT2D eigenvalue weighted by molar-refractivity contribution is 7.54. The molecule has 2 N–H and O–H groups in total. The molecule has 0 amide bonds. The van der Waals surface area contributed by atoms with Gasteiger partial charge < -0.3 is 9.63 Å². The highest BCUT2D eigenvalue weighted by atomic mass is 31.2. The second-order valence-corrected chi connectivity index (χ2v) is 9.44. The number of aromatic nitrogens is 2. The molecule has 1 saturated heterocycles. The third-order valence-electron chi connectivity index (χ3n) is 5.35. The summed E-state index contributed by atoms with van der Waals surface area (Å²) in [5.74, 6) is 0. The van der Waals surface area contributed by atoms with Gasteiger partial charge in [-0.3, -0.25) is 23.5 Å². The van der Waals surface area contributed by atoms with Crippen LogP contribution in [-0.4, -0.2) is 39.7 Å². The molecule has 1 unspecified atom stereocenters. The van der Waals surface area contributed by atoms with Crippen molar-refractivity contribution in [1.82, 2.24) is 9.55 Å². The van der Waals surface area contributed by atoms with Crippen LogP contribution in [0.3, 0.4) is 0 Å². The largest absolute Gasteiger partial charge is 0.432 e. The number of aryl methyl sites for hydroxylation is 1. The molecule has 2 aromatic rings. The van der Waals surface area contributed by atoms with Gasteiger partial charge in [0.2, 0.25) is 0 Å². The number of ether oxygens (including phenoxy) is 1. The van der Waals surface area contributed by atoms with Gasteiger partial charge in [0, 0.05) is 35.3 Å². The van der Waals surface area contributed by atoms with E-state index >= 15 is 0 Å². The van der Waals surface area contributed by atoms with Gasteiger partial charge in [0.1, 0.15) is 6.23 Å². The molecular weight excluding hydrogens is 451 g/mol. The van der Waals surface area contributed by atoms with Crippen molar-refractivity contribution in [2.45, 2.75) is 51.5 Å². The Kier molecular flexibility index (Phi) is 8.12. The summed E-state index contributed by atoms with van der Waals surface area (Å²) in [6.07, 6.45) is 1.30. The van der Waals surface area contributed by atoms with E-state index in [0.717, 1.165) is 6.42 Å². The fourth-order valence-corrected chi connectivity index (χ4v) is 4.87. The summed E-state index contributed by atoms with van der Waals surface area (Å²) in [5.41, 5.74) is 8.62. The molecule has 4 atom stereocenters. The maximum atomic E-state index is 13.1. The number of H-pyrrole nitrogens is 1. The van der Waals surface area contributed by atoms with Crippen LogP contribution in [0.25, 0.3) is 10.4 Å². The molecule has 1 aliphatic rings.